The molecule has 2 aliphatic heterocycles. The first-order valence-corrected chi connectivity index (χ1v) is 11.3. The van der Waals surface area contributed by atoms with Crippen molar-refractivity contribution in [3.8, 4) is 0 Å². The number of benzene rings is 1. The van der Waals surface area contributed by atoms with E-state index in [0.717, 1.165) is 16.7 Å². The van der Waals surface area contributed by atoms with Crippen molar-refractivity contribution in [1.29, 1.82) is 0 Å². The Labute approximate surface area is 192 Å². The normalized spacial score (nSPS) is 21.7. The van der Waals surface area contributed by atoms with Crippen LogP contribution in [0, 0.1) is 5.82 Å². The lowest BCUT2D eigenvalue weighted by Gasteiger charge is -2.31. The number of aromatic amines is 1. The van der Waals surface area contributed by atoms with E-state index < -0.39 is 12.1 Å². The van der Waals surface area contributed by atoms with Crippen molar-refractivity contribution in [3.63, 3.8) is 0 Å². The van der Waals surface area contributed by atoms with Gasteiger partial charge in [-0.25, -0.2) is 4.39 Å². The standard InChI is InChI=1S/C24H30FN5O3/c1-5-19(28-23(32)13(2)26-4)24(33)29-9-8-21-22(29)18(12-30(21)14(3)31)17-11-27-20-7-6-15(25)10-16(17)20/h6-7,10-13,19,21-22,26-27H,5,8-9H2,1-4H3,(H,28,32). The Balaban J connectivity index is 1.69. The van der Waals surface area contributed by atoms with Crippen LogP contribution in [0.25, 0.3) is 16.5 Å². The van der Waals surface area contributed by atoms with Gasteiger partial charge >= 0.3 is 0 Å². The van der Waals surface area contributed by atoms with Gasteiger partial charge in [0.2, 0.25) is 17.7 Å². The molecule has 0 saturated carbocycles. The summed E-state index contributed by atoms with van der Waals surface area (Å²) < 4.78 is 14.0. The first kappa shape index (κ1) is 23.0. The van der Waals surface area contributed by atoms with Crippen LogP contribution < -0.4 is 10.6 Å². The number of H-pyrrole nitrogens is 1. The van der Waals surface area contributed by atoms with Crippen molar-refractivity contribution in [2.45, 2.75) is 57.8 Å². The lowest BCUT2D eigenvalue weighted by molar-refractivity contribution is -0.137. The number of hydrogen-bond donors (Lipinski definition) is 3. The molecule has 4 rings (SSSR count). The molecule has 176 valence electrons. The van der Waals surface area contributed by atoms with Crippen molar-refractivity contribution in [2.75, 3.05) is 13.6 Å². The summed E-state index contributed by atoms with van der Waals surface area (Å²) >= 11 is 0. The predicted octanol–water partition coefficient (Wildman–Crippen LogP) is 1.98. The second kappa shape index (κ2) is 8.97. The van der Waals surface area contributed by atoms with Gasteiger partial charge in [-0.3, -0.25) is 14.4 Å². The van der Waals surface area contributed by atoms with E-state index in [0.29, 0.717) is 24.8 Å². The number of nitrogens with one attached hydrogen (secondary N) is 3. The maximum absolute atomic E-state index is 14.0. The Morgan fingerprint density at radius 2 is 2.06 bits per heavy atom. The number of aromatic nitrogens is 1. The van der Waals surface area contributed by atoms with Crippen LogP contribution in [0.5, 0.6) is 0 Å². The molecule has 2 aromatic rings. The molecule has 4 atom stereocenters. The zero-order chi connectivity index (χ0) is 23.9. The number of fused-ring (bicyclic) bond motifs is 2. The number of carbonyl (C=O) groups excluding carboxylic acids is 3. The molecule has 1 fully saturated rings. The zero-order valence-corrected chi connectivity index (χ0v) is 19.3. The minimum Gasteiger partial charge on any atom is -0.361 e. The monoisotopic (exact) mass is 455 g/mol. The topological polar surface area (TPSA) is 97.5 Å². The molecule has 9 heteroatoms. The second-order valence-electron chi connectivity index (χ2n) is 8.72. The molecule has 2 aliphatic rings. The number of carbonyl (C=O) groups is 3. The van der Waals surface area contributed by atoms with Gasteiger partial charge in [-0.2, -0.15) is 0 Å². The van der Waals surface area contributed by atoms with Crippen LogP contribution in [0.2, 0.25) is 0 Å². The lowest BCUT2D eigenvalue weighted by atomic mass is 9.96. The Hall–Kier alpha value is -3.20. The van der Waals surface area contributed by atoms with Crippen molar-refractivity contribution < 1.29 is 18.8 Å². The molecule has 3 N–H and O–H groups in total. The highest BCUT2D eigenvalue weighted by atomic mass is 19.1. The maximum atomic E-state index is 14.0. The van der Waals surface area contributed by atoms with Crippen LogP contribution in [0.4, 0.5) is 4.39 Å². The minimum atomic E-state index is -0.667. The summed E-state index contributed by atoms with van der Waals surface area (Å²) in [5, 5.41) is 6.43. The molecule has 33 heavy (non-hydrogen) atoms. The predicted molar refractivity (Wildman–Crippen MR) is 123 cm³/mol. The van der Waals surface area contributed by atoms with Gasteiger partial charge in [-0.15, -0.1) is 0 Å². The molecule has 0 radical (unpaired) electrons. The van der Waals surface area contributed by atoms with E-state index in [2.05, 4.69) is 15.6 Å². The Kier molecular flexibility index (Phi) is 6.25. The average molecular weight is 456 g/mol. The summed E-state index contributed by atoms with van der Waals surface area (Å²) in [6.07, 6.45) is 4.66. The van der Waals surface area contributed by atoms with E-state index in [1.807, 2.05) is 6.92 Å². The van der Waals surface area contributed by atoms with Gasteiger partial charge in [0.05, 0.1) is 18.1 Å². The summed E-state index contributed by atoms with van der Waals surface area (Å²) in [6.45, 7) is 5.57. The third-order valence-electron chi connectivity index (χ3n) is 6.77. The van der Waals surface area contributed by atoms with E-state index in [1.54, 1.807) is 42.2 Å². The summed E-state index contributed by atoms with van der Waals surface area (Å²) in [5.41, 5.74) is 2.34. The Morgan fingerprint density at radius 1 is 1.30 bits per heavy atom. The number of amides is 3. The third kappa shape index (κ3) is 4.01. The first-order valence-electron chi connectivity index (χ1n) is 11.3. The highest BCUT2D eigenvalue weighted by Gasteiger charge is 2.48. The van der Waals surface area contributed by atoms with E-state index >= 15 is 0 Å². The van der Waals surface area contributed by atoms with Crippen molar-refractivity contribution in [2.24, 2.45) is 0 Å². The van der Waals surface area contributed by atoms with E-state index in [4.69, 9.17) is 0 Å². The minimum absolute atomic E-state index is 0.108. The van der Waals surface area contributed by atoms with Gasteiger partial charge in [0.15, 0.2) is 0 Å². The maximum Gasteiger partial charge on any atom is 0.245 e. The summed E-state index contributed by atoms with van der Waals surface area (Å²) in [7, 11) is 1.69. The van der Waals surface area contributed by atoms with E-state index in [1.165, 1.54) is 19.1 Å². The Bertz CT molecular complexity index is 1130. The molecule has 3 heterocycles. The van der Waals surface area contributed by atoms with Gasteiger partial charge in [0, 0.05) is 47.9 Å². The number of rotatable bonds is 6. The Morgan fingerprint density at radius 3 is 2.73 bits per heavy atom. The van der Waals surface area contributed by atoms with Gasteiger partial charge in [-0.05, 0) is 45.0 Å². The molecule has 0 bridgehead atoms. The van der Waals surface area contributed by atoms with Crippen LogP contribution in [-0.4, -0.2) is 70.3 Å². The number of hydrogen-bond acceptors (Lipinski definition) is 4. The molecule has 0 spiro atoms. The third-order valence-corrected chi connectivity index (χ3v) is 6.77. The van der Waals surface area contributed by atoms with Crippen LogP contribution in [0.1, 0.15) is 39.2 Å². The van der Waals surface area contributed by atoms with Gasteiger partial charge in [-0.1, -0.05) is 6.92 Å². The molecule has 1 aromatic carbocycles. The number of halogens is 1. The van der Waals surface area contributed by atoms with Crippen LogP contribution >= 0.6 is 0 Å². The summed E-state index contributed by atoms with van der Waals surface area (Å²) in [4.78, 5) is 45.0. The van der Waals surface area contributed by atoms with Gasteiger partial charge < -0.3 is 25.4 Å². The van der Waals surface area contributed by atoms with Gasteiger partial charge in [0.25, 0.3) is 0 Å². The number of nitrogens with zero attached hydrogens (tertiary/aromatic N) is 2. The second-order valence-corrected chi connectivity index (χ2v) is 8.72. The molecular weight excluding hydrogens is 425 g/mol. The number of likely N-dealkylation sites (tertiary alicyclic amines) is 1. The zero-order valence-electron chi connectivity index (χ0n) is 19.3. The summed E-state index contributed by atoms with van der Waals surface area (Å²) in [5.74, 6) is -0.880. The fourth-order valence-electron chi connectivity index (χ4n) is 4.86. The first-order chi connectivity index (χ1) is 15.8. The fraction of sp³-hybridized carbons (Fsp3) is 0.458. The smallest absolute Gasteiger partial charge is 0.245 e. The summed E-state index contributed by atoms with van der Waals surface area (Å²) in [6, 6.07) is 2.88. The molecular formula is C24H30FN5O3. The SMILES string of the molecule is CCC(NC(=O)C(C)NC)C(=O)N1CCC2C1C(c1c[nH]c3ccc(F)cc13)=CN2C(C)=O. The van der Waals surface area contributed by atoms with E-state index in [9.17, 15) is 18.8 Å². The van der Waals surface area contributed by atoms with Crippen molar-refractivity contribution in [1.82, 2.24) is 25.4 Å². The van der Waals surface area contributed by atoms with Crippen molar-refractivity contribution >= 4 is 34.2 Å². The molecule has 4 unspecified atom stereocenters. The quantitative estimate of drug-likeness (QED) is 0.621. The highest BCUT2D eigenvalue weighted by molar-refractivity contribution is 5.98. The molecule has 0 aliphatic carbocycles. The largest absolute Gasteiger partial charge is 0.361 e. The van der Waals surface area contributed by atoms with Crippen LogP contribution in [0.15, 0.2) is 30.6 Å². The van der Waals surface area contributed by atoms with Crippen molar-refractivity contribution in [3.05, 3.63) is 42.0 Å². The average Bonchev–Trinajstić information content (AvgIpc) is 3.49. The van der Waals surface area contributed by atoms with Crippen LogP contribution in [0.3, 0.4) is 0 Å². The molecule has 3 amide bonds. The highest BCUT2D eigenvalue weighted by Crippen LogP contribution is 2.42. The van der Waals surface area contributed by atoms with E-state index in [-0.39, 0.29) is 35.6 Å². The van der Waals surface area contributed by atoms with Crippen LogP contribution in [-0.2, 0) is 14.4 Å². The lowest BCUT2D eigenvalue weighted by Crippen LogP contribution is -2.54. The number of likely N-dealkylation sites (N-methyl/N-ethyl adjacent to an activating group) is 1. The van der Waals surface area contributed by atoms with Gasteiger partial charge in [0.1, 0.15) is 11.9 Å². The molecule has 1 saturated heterocycles. The molecule has 1 aromatic heterocycles. The molecule has 8 nitrogen and oxygen atoms in total. The fourth-order valence-corrected chi connectivity index (χ4v) is 4.86.